The third kappa shape index (κ3) is 4.62. The standard InChI is InChI=1S/C27H18Cl2N2O3/c1-16-8-11-24-22(14-16)31-27(34-24)17-4-2-5-18(15-17)30-25(32)13-10-19-9-12-23(33-19)20-6-3-7-21(28)26(20)29/h2-15H,1H3,(H,30,32). The number of nitrogens with zero attached hydrogens (tertiary/aromatic N) is 1. The van der Waals surface area contributed by atoms with Gasteiger partial charge in [-0.3, -0.25) is 4.79 Å². The normalized spacial score (nSPS) is 11.4. The lowest BCUT2D eigenvalue weighted by Crippen LogP contribution is -2.07. The molecule has 0 radical (unpaired) electrons. The molecule has 0 saturated carbocycles. The van der Waals surface area contributed by atoms with E-state index >= 15 is 0 Å². The molecular weight excluding hydrogens is 471 g/mol. The minimum absolute atomic E-state index is 0.302. The van der Waals surface area contributed by atoms with Crippen LogP contribution in [0, 0.1) is 6.92 Å². The summed E-state index contributed by atoms with van der Waals surface area (Å²) in [6.07, 6.45) is 2.99. The molecule has 168 valence electrons. The second-order valence-electron chi connectivity index (χ2n) is 7.70. The van der Waals surface area contributed by atoms with Crippen molar-refractivity contribution in [2.45, 2.75) is 6.92 Å². The number of furan rings is 1. The molecule has 1 amide bonds. The van der Waals surface area contributed by atoms with Crippen LogP contribution in [0.2, 0.25) is 10.0 Å². The van der Waals surface area contributed by atoms with Gasteiger partial charge in [0, 0.05) is 22.9 Å². The van der Waals surface area contributed by atoms with E-state index in [1.807, 2.05) is 49.4 Å². The molecular formula is C27H18Cl2N2O3. The van der Waals surface area contributed by atoms with Crippen LogP contribution >= 0.6 is 23.2 Å². The predicted octanol–water partition coefficient (Wildman–Crippen LogP) is 8.02. The Labute approximate surface area is 205 Å². The molecule has 34 heavy (non-hydrogen) atoms. The smallest absolute Gasteiger partial charge is 0.248 e. The monoisotopic (exact) mass is 488 g/mol. The van der Waals surface area contributed by atoms with Gasteiger partial charge in [-0.2, -0.15) is 0 Å². The molecule has 0 aliphatic rings. The van der Waals surface area contributed by atoms with Crippen molar-refractivity contribution in [1.29, 1.82) is 0 Å². The Morgan fingerprint density at radius 2 is 1.82 bits per heavy atom. The van der Waals surface area contributed by atoms with Crippen molar-refractivity contribution >= 4 is 52.0 Å². The molecule has 0 saturated heterocycles. The van der Waals surface area contributed by atoms with Crippen molar-refractivity contribution in [1.82, 2.24) is 4.98 Å². The molecule has 2 aromatic heterocycles. The number of nitrogens with one attached hydrogen (secondary N) is 1. The quantitative estimate of drug-likeness (QED) is 0.254. The van der Waals surface area contributed by atoms with E-state index in [4.69, 9.17) is 32.0 Å². The number of oxazole rings is 1. The third-order valence-electron chi connectivity index (χ3n) is 5.16. The lowest BCUT2D eigenvalue weighted by atomic mass is 10.2. The molecule has 0 fully saturated rings. The Morgan fingerprint density at radius 1 is 0.971 bits per heavy atom. The molecule has 0 spiro atoms. The first-order chi connectivity index (χ1) is 16.5. The highest BCUT2D eigenvalue weighted by Crippen LogP contribution is 2.34. The van der Waals surface area contributed by atoms with Crippen molar-refractivity contribution in [3.63, 3.8) is 0 Å². The van der Waals surface area contributed by atoms with Crippen LogP contribution in [0.1, 0.15) is 11.3 Å². The molecule has 0 atom stereocenters. The van der Waals surface area contributed by atoms with E-state index in [-0.39, 0.29) is 5.91 Å². The summed E-state index contributed by atoms with van der Waals surface area (Å²) in [4.78, 5) is 17.0. The Bertz CT molecular complexity index is 1550. The van der Waals surface area contributed by atoms with Gasteiger partial charge in [-0.1, -0.05) is 41.4 Å². The van der Waals surface area contributed by atoms with E-state index in [0.29, 0.717) is 38.7 Å². The molecule has 0 unspecified atom stereocenters. The lowest BCUT2D eigenvalue weighted by Gasteiger charge is -2.03. The number of carbonyl (C=O) groups excluding carboxylic acids is 1. The first-order valence-electron chi connectivity index (χ1n) is 10.5. The van der Waals surface area contributed by atoms with Gasteiger partial charge in [0.15, 0.2) is 5.58 Å². The summed E-state index contributed by atoms with van der Waals surface area (Å²) >= 11 is 12.3. The molecule has 0 aliphatic heterocycles. The number of fused-ring (bicyclic) bond motifs is 1. The molecule has 7 heteroatoms. The van der Waals surface area contributed by atoms with Gasteiger partial charge in [-0.05, 0) is 73.2 Å². The molecule has 5 rings (SSSR count). The third-order valence-corrected chi connectivity index (χ3v) is 5.98. The number of aromatic nitrogens is 1. The zero-order valence-electron chi connectivity index (χ0n) is 18.0. The number of aryl methyl sites for hydroxylation is 1. The number of anilines is 1. The summed E-state index contributed by atoms with van der Waals surface area (Å²) in [7, 11) is 0. The number of rotatable bonds is 5. The number of halogens is 2. The number of benzene rings is 3. The molecule has 5 nitrogen and oxygen atoms in total. The van der Waals surface area contributed by atoms with Crippen molar-refractivity contribution in [2.24, 2.45) is 0 Å². The van der Waals surface area contributed by atoms with E-state index in [2.05, 4.69) is 10.3 Å². The lowest BCUT2D eigenvalue weighted by molar-refractivity contribution is -0.111. The van der Waals surface area contributed by atoms with E-state index in [0.717, 1.165) is 22.2 Å². The predicted molar refractivity (Wildman–Crippen MR) is 136 cm³/mol. The van der Waals surface area contributed by atoms with Crippen LogP contribution in [0.15, 0.2) is 87.7 Å². The van der Waals surface area contributed by atoms with E-state index in [9.17, 15) is 4.79 Å². The van der Waals surface area contributed by atoms with Gasteiger partial charge in [0.05, 0.1) is 10.0 Å². The summed E-state index contributed by atoms with van der Waals surface area (Å²) in [5, 5.41) is 3.71. The molecule has 1 N–H and O–H groups in total. The van der Waals surface area contributed by atoms with E-state index in [1.54, 1.807) is 36.4 Å². The van der Waals surface area contributed by atoms with Gasteiger partial charge in [-0.15, -0.1) is 0 Å². The van der Waals surface area contributed by atoms with Crippen molar-refractivity contribution in [3.8, 4) is 22.8 Å². The average molecular weight is 489 g/mol. The van der Waals surface area contributed by atoms with Crippen LogP contribution in [0.3, 0.4) is 0 Å². The van der Waals surface area contributed by atoms with Gasteiger partial charge in [0.25, 0.3) is 0 Å². The zero-order chi connectivity index (χ0) is 23.7. The second kappa shape index (κ2) is 9.21. The Morgan fingerprint density at radius 3 is 2.71 bits per heavy atom. The Hall–Kier alpha value is -3.80. The molecule has 2 heterocycles. The summed E-state index contributed by atoms with van der Waals surface area (Å²) in [6, 6.07) is 22.0. The maximum Gasteiger partial charge on any atom is 0.248 e. The van der Waals surface area contributed by atoms with Gasteiger partial charge >= 0.3 is 0 Å². The van der Waals surface area contributed by atoms with Crippen molar-refractivity contribution in [2.75, 3.05) is 5.32 Å². The fourth-order valence-corrected chi connectivity index (χ4v) is 3.91. The summed E-state index contributed by atoms with van der Waals surface area (Å²) in [5.74, 6) is 1.27. The highest BCUT2D eigenvalue weighted by Gasteiger charge is 2.11. The van der Waals surface area contributed by atoms with Gasteiger partial charge in [-0.25, -0.2) is 4.98 Å². The van der Waals surface area contributed by atoms with Gasteiger partial charge in [0.1, 0.15) is 17.0 Å². The highest BCUT2D eigenvalue weighted by molar-refractivity contribution is 6.43. The first kappa shape index (κ1) is 22.0. The molecule has 0 aliphatic carbocycles. The summed E-state index contributed by atoms with van der Waals surface area (Å²) in [5.41, 5.74) is 4.70. The van der Waals surface area contributed by atoms with E-state index < -0.39 is 0 Å². The Kier molecular flexibility index (Phi) is 5.97. The maximum absolute atomic E-state index is 12.5. The van der Waals surface area contributed by atoms with Crippen molar-refractivity contribution in [3.05, 3.63) is 100 Å². The summed E-state index contributed by atoms with van der Waals surface area (Å²) in [6.45, 7) is 2.01. The fraction of sp³-hybridized carbons (Fsp3) is 0.0370. The van der Waals surface area contributed by atoms with Crippen LogP contribution in [0.25, 0.3) is 40.0 Å². The van der Waals surface area contributed by atoms with Crippen LogP contribution in [0.4, 0.5) is 5.69 Å². The van der Waals surface area contributed by atoms with Crippen LogP contribution < -0.4 is 5.32 Å². The SMILES string of the molecule is Cc1ccc2oc(-c3cccc(NC(=O)C=Cc4ccc(-c5cccc(Cl)c5Cl)o4)c3)nc2c1. The van der Waals surface area contributed by atoms with Gasteiger partial charge < -0.3 is 14.2 Å². The zero-order valence-corrected chi connectivity index (χ0v) is 19.5. The fourth-order valence-electron chi connectivity index (χ4n) is 3.51. The molecule has 0 bridgehead atoms. The molecule has 3 aromatic carbocycles. The number of carbonyl (C=O) groups is 1. The minimum Gasteiger partial charge on any atom is -0.457 e. The van der Waals surface area contributed by atoms with Crippen LogP contribution in [-0.4, -0.2) is 10.9 Å². The number of hydrogen-bond acceptors (Lipinski definition) is 4. The first-order valence-corrected chi connectivity index (χ1v) is 11.2. The van der Waals surface area contributed by atoms with Crippen LogP contribution in [0.5, 0.6) is 0 Å². The molecule has 5 aromatic rings. The largest absolute Gasteiger partial charge is 0.457 e. The summed E-state index contributed by atoms with van der Waals surface area (Å²) < 4.78 is 11.7. The minimum atomic E-state index is -0.302. The van der Waals surface area contributed by atoms with Crippen molar-refractivity contribution < 1.29 is 13.6 Å². The van der Waals surface area contributed by atoms with Crippen LogP contribution in [-0.2, 0) is 4.79 Å². The van der Waals surface area contributed by atoms with E-state index in [1.165, 1.54) is 6.08 Å². The Balaban J connectivity index is 1.29. The maximum atomic E-state index is 12.5. The van der Waals surface area contributed by atoms with Gasteiger partial charge in [0.2, 0.25) is 11.8 Å². The second-order valence-corrected chi connectivity index (χ2v) is 8.48. The number of hydrogen-bond donors (Lipinski definition) is 1. The topological polar surface area (TPSA) is 68.3 Å². The average Bonchev–Trinajstić information content (AvgIpc) is 3.46. The highest BCUT2D eigenvalue weighted by atomic mass is 35.5. The number of amides is 1.